The van der Waals surface area contributed by atoms with Crippen molar-refractivity contribution in [2.75, 3.05) is 0 Å². The van der Waals surface area contributed by atoms with E-state index in [4.69, 9.17) is 0 Å². The van der Waals surface area contributed by atoms with Crippen LogP contribution in [0.1, 0.15) is 19.3 Å². The topological polar surface area (TPSA) is 43.4 Å². The molecule has 2 aliphatic rings. The van der Waals surface area contributed by atoms with Crippen molar-refractivity contribution in [1.29, 1.82) is 0 Å². The Balaban J connectivity index is 2.08. The normalized spacial score (nSPS) is 34.3. The van der Waals surface area contributed by atoms with E-state index in [0.29, 0.717) is 0 Å². The minimum absolute atomic E-state index is 0.198. The van der Waals surface area contributed by atoms with Gasteiger partial charge >= 0.3 is 11.9 Å². The van der Waals surface area contributed by atoms with Gasteiger partial charge in [-0.25, -0.2) is 0 Å². The Hall–Kier alpha value is -1.12. The first-order chi connectivity index (χ1) is 5.77. The lowest BCUT2D eigenvalue weighted by atomic mass is 9.91. The van der Waals surface area contributed by atoms with Gasteiger partial charge in [0.15, 0.2) is 0 Å². The smallest absolute Gasteiger partial charge is 0.317 e. The fourth-order valence-corrected chi connectivity index (χ4v) is 1.81. The third-order valence-corrected chi connectivity index (χ3v) is 2.47. The SMILES string of the molecule is O=C1CC(C2C=CCC2)C(=O)O1. The van der Waals surface area contributed by atoms with Crippen molar-refractivity contribution in [3.8, 4) is 0 Å². The third kappa shape index (κ3) is 1.15. The van der Waals surface area contributed by atoms with Gasteiger partial charge in [-0.1, -0.05) is 12.2 Å². The Morgan fingerprint density at radius 1 is 1.42 bits per heavy atom. The standard InChI is InChI=1S/C9H10O3/c10-8-5-7(9(11)12-8)6-3-1-2-4-6/h1,3,6-7H,2,4-5H2. The first-order valence-electron chi connectivity index (χ1n) is 4.18. The van der Waals surface area contributed by atoms with Crippen molar-refractivity contribution >= 4 is 11.9 Å². The van der Waals surface area contributed by atoms with Crippen molar-refractivity contribution in [3.05, 3.63) is 12.2 Å². The van der Waals surface area contributed by atoms with Crippen LogP contribution >= 0.6 is 0 Å². The summed E-state index contributed by atoms with van der Waals surface area (Å²) in [6.07, 6.45) is 6.34. The van der Waals surface area contributed by atoms with Crippen LogP contribution in [0.4, 0.5) is 0 Å². The lowest BCUT2D eigenvalue weighted by Crippen LogP contribution is -2.15. The first kappa shape index (κ1) is 7.53. The molecule has 0 N–H and O–H groups in total. The van der Waals surface area contributed by atoms with Gasteiger partial charge in [0.2, 0.25) is 0 Å². The number of ether oxygens (including phenoxy) is 1. The van der Waals surface area contributed by atoms with Crippen molar-refractivity contribution in [2.24, 2.45) is 11.8 Å². The molecular weight excluding hydrogens is 156 g/mol. The van der Waals surface area contributed by atoms with Crippen molar-refractivity contribution in [1.82, 2.24) is 0 Å². The Morgan fingerprint density at radius 3 is 2.75 bits per heavy atom. The van der Waals surface area contributed by atoms with Crippen LogP contribution in [0.5, 0.6) is 0 Å². The largest absolute Gasteiger partial charge is 0.393 e. The molecule has 3 heteroatoms. The summed E-state index contributed by atoms with van der Waals surface area (Å²) < 4.78 is 4.47. The summed E-state index contributed by atoms with van der Waals surface area (Å²) >= 11 is 0. The Kier molecular flexibility index (Phi) is 1.71. The van der Waals surface area contributed by atoms with Gasteiger partial charge < -0.3 is 4.74 Å². The fourth-order valence-electron chi connectivity index (χ4n) is 1.81. The van der Waals surface area contributed by atoms with E-state index >= 15 is 0 Å². The molecule has 0 aromatic carbocycles. The maximum Gasteiger partial charge on any atom is 0.317 e. The summed E-state index contributed by atoms with van der Waals surface area (Å²) in [6.45, 7) is 0. The van der Waals surface area contributed by atoms with E-state index in [0.717, 1.165) is 12.8 Å². The van der Waals surface area contributed by atoms with Gasteiger partial charge in [0.25, 0.3) is 0 Å². The predicted molar refractivity (Wildman–Crippen MR) is 41.1 cm³/mol. The van der Waals surface area contributed by atoms with Gasteiger partial charge in [-0.3, -0.25) is 9.59 Å². The highest BCUT2D eigenvalue weighted by molar-refractivity contribution is 5.94. The van der Waals surface area contributed by atoms with Crippen LogP contribution in [0.25, 0.3) is 0 Å². The molecule has 2 atom stereocenters. The van der Waals surface area contributed by atoms with Gasteiger partial charge in [0.05, 0.1) is 12.3 Å². The number of carbonyl (C=O) groups is 2. The highest BCUT2D eigenvalue weighted by Crippen LogP contribution is 2.32. The Bertz CT molecular complexity index is 254. The van der Waals surface area contributed by atoms with Gasteiger partial charge in [0, 0.05) is 0 Å². The second-order valence-corrected chi connectivity index (χ2v) is 3.27. The van der Waals surface area contributed by atoms with E-state index in [1.165, 1.54) is 0 Å². The van der Waals surface area contributed by atoms with E-state index in [1.807, 2.05) is 6.08 Å². The number of allylic oxidation sites excluding steroid dienone is 2. The molecule has 0 radical (unpaired) electrons. The predicted octanol–water partition coefficient (Wildman–Crippen LogP) is 1.04. The Labute approximate surface area is 70.4 Å². The van der Waals surface area contributed by atoms with Crippen LogP contribution < -0.4 is 0 Å². The molecule has 2 unspecified atom stereocenters. The second-order valence-electron chi connectivity index (χ2n) is 3.27. The zero-order chi connectivity index (χ0) is 8.55. The maximum atomic E-state index is 11.1. The first-order valence-corrected chi connectivity index (χ1v) is 4.18. The molecule has 0 aromatic rings. The summed E-state index contributed by atoms with van der Waals surface area (Å²) in [5.41, 5.74) is 0. The van der Waals surface area contributed by atoms with E-state index in [9.17, 15) is 9.59 Å². The van der Waals surface area contributed by atoms with Crippen LogP contribution in [0.2, 0.25) is 0 Å². The molecule has 0 aromatic heterocycles. The van der Waals surface area contributed by atoms with E-state index in [1.54, 1.807) is 0 Å². The highest BCUT2D eigenvalue weighted by atomic mass is 16.6. The molecule has 0 spiro atoms. The van der Waals surface area contributed by atoms with Crippen molar-refractivity contribution in [3.63, 3.8) is 0 Å². The zero-order valence-corrected chi connectivity index (χ0v) is 6.66. The lowest BCUT2D eigenvalue weighted by Gasteiger charge is -2.09. The molecule has 12 heavy (non-hydrogen) atoms. The molecule has 2 rings (SSSR count). The number of carbonyl (C=O) groups excluding carboxylic acids is 2. The highest BCUT2D eigenvalue weighted by Gasteiger charge is 2.38. The molecule has 64 valence electrons. The van der Waals surface area contributed by atoms with Gasteiger partial charge in [-0.15, -0.1) is 0 Å². The Morgan fingerprint density at radius 2 is 2.25 bits per heavy atom. The molecule has 1 saturated heterocycles. The second kappa shape index (κ2) is 2.73. The molecule has 1 fully saturated rings. The van der Waals surface area contributed by atoms with Crippen LogP contribution in [-0.4, -0.2) is 11.9 Å². The minimum Gasteiger partial charge on any atom is -0.393 e. The van der Waals surface area contributed by atoms with Crippen LogP contribution in [0.15, 0.2) is 12.2 Å². The maximum absolute atomic E-state index is 11.1. The van der Waals surface area contributed by atoms with Crippen molar-refractivity contribution < 1.29 is 14.3 Å². The number of rotatable bonds is 1. The quantitative estimate of drug-likeness (QED) is 0.332. The number of hydrogen-bond acceptors (Lipinski definition) is 3. The van der Waals surface area contributed by atoms with E-state index in [2.05, 4.69) is 10.8 Å². The molecule has 0 amide bonds. The molecule has 1 heterocycles. The lowest BCUT2D eigenvalue weighted by molar-refractivity contribution is -0.153. The summed E-state index contributed by atoms with van der Waals surface area (Å²) in [4.78, 5) is 21.8. The zero-order valence-electron chi connectivity index (χ0n) is 6.66. The summed E-state index contributed by atoms with van der Waals surface area (Å²) in [7, 11) is 0. The monoisotopic (exact) mass is 166 g/mol. The van der Waals surface area contributed by atoms with Crippen molar-refractivity contribution in [2.45, 2.75) is 19.3 Å². The van der Waals surface area contributed by atoms with Gasteiger partial charge in [-0.05, 0) is 18.8 Å². The average Bonchev–Trinajstić information content (AvgIpc) is 2.58. The van der Waals surface area contributed by atoms with Crippen LogP contribution in [0, 0.1) is 11.8 Å². The van der Waals surface area contributed by atoms with E-state index in [-0.39, 0.29) is 30.2 Å². The molecular formula is C9H10O3. The molecule has 0 bridgehead atoms. The number of cyclic esters (lactones) is 2. The number of hydrogen-bond donors (Lipinski definition) is 0. The van der Waals surface area contributed by atoms with Gasteiger partial charge in [0.1, 0.15) is 0 Å². The number of esters is 2. The minimum atomic E-state index is -0.370. The molecule has 1 aliphatic carbocycles. The molecule has 3 nitrogen and oxygen atoms in total. The summed E-state index contributed by atoms with van der Waals surface area (Å²) in [6, 6.07) is 0. The van der Waals surface area contributed by atoms with Gasteiger partial charge in [-0.2, -0.15) is 0 Å². The van der Waals surface area contributed by atoms with Crippen LogP contribution in [-0.2, 0) is 14.3 Å². The third-order valence-electron chi connectivity index (χ3n) is 2.47. The molecule has 1 aliphatic heterocycles. The summed E-state index contributed by atoms with van der Waals surface area (Å²) in [5.74, 6) is -0.665. The molecule has 0 saturated carbocycles. The average molecular weight is 166 g/mol. The van der Waals surface area contributed by atoms with E-state index < -0.39 is 0 Å². The summed E-state index contributed by atoms with van der Waals surface area (Å²) in [5, 5.41) is 0. The van der Waals surface area contributed by atoms with Crippen LogP contribution in [0.3, 0.4) is 0 Å². The fraction of sp³-hybridized carbons (Fsp3) is 0.556.